The van der Waals surface area contributed by atoms with Gasteiger partial charge in [0, 0.05) is 13.7 Å². The molecule has 0 aromatic heterocycles. The molecule has 0 saturated carbocycles. The largest absolute Gasteiger partial charge is 0.362 e. The van der Waals surface area contributed by atoms with Crippen molar-refractivity contribution in [2.75, 3.05) is 20.5 Å². The van der Waals surface area contributed by atoms with Gasteiger partial charge in [-0.2, -0.15) is 0 Å². The van der Waals surface area contributed by atoms with Crippen LogP contribution in [0.1, 0.15) is 18.9 Å². The van der Waals surface area contributed by atoms with Gasteiger partial charge in [-0.25, -0.2) is 0 Å². The lowest BCUT2D eigenvalue weighted by Gasteiger charge is -2.49. The number of β-lactam (4-membered cyclic amide) rings is 1. The maximum Gasteiger partial charge on any atom is 0.254 e. The van der Waals surface area contributed by atoms with Crippen molar-refractivity contribution in [1.29, 1.82) is 0 Å². The summed E-state index contributed by atoms with van der Waals surface area (Å²) in [4.78, 5) is 14.5. The Bertz CT molecular complexity index is 655. The van der Waals surface area contributed by atoms with Gasteiger partial charge in [0.25, 0.3) is 5.91 Å². The minimum atomic E-state index is -0.456. The van der Waals surface area contributed by atoms with Gasteiger partial charge in [-0.05, 0) is 30.1 Å². The Hall–Kier alpha value is -1.95. The number of benzene rings is 1. The molecule has 1 aromatic carbocycles. The van der Waals surface area contributed by atoms with Gasteiger partial charge >= 0.3 is 0 Å². The third-order valence-corrected chi connectivity index (χ3v) is 4.88. The van der Waals surface area contributed by atoms with Crippen LogP contribution < -0.4 is 0 Å². The molecule has 1 fully saturated rings. The molecule has 3 atom stereocenters. The first-order valence-electron chi connectivity index (χ1n) is 8.53. The maximum absolute atomic E-state index is 12.6. The summed E-state index contributed by atoms with van der Waals surface area (Å²) in [5, 5.41) is 0. The van der Waals surface area contributed by atoms with Crippen molar-refractivity contribution in [1.82, 2.24) is 4.90 Å². The normalized spacial score (nSPS) is 26.1. The molecule has 5 nitrogen and oxygen atoms in total. The summed E-state index contributed by atoms with van der Waals surface area (Å²) in [6, 6.07) is 9.84. The first kappa shape index (κ1) is 17.9. The summed E-state index contributed by atoms with van der Waals surface area (Å²) < 4.78 is 17.0. The highest BCUT2D eigenvalue weighted by Crippen LogP contribution is 2.36. The standard InChI is InChI=1S/C20H25NO4/c1-4-8-16-12-24-19-17(18(14(16)2)25-13-23-3)21(20(19)22)11-15-9-6-5-7-10-15/h4-7,9-10,17-19H,1,8,11-13H2,2-3H3/t17-,18+,19+/m0/s1. The number of fused-ring (bicyclic) bond motifs is 1. The van der Waals surface area contributed by atoms with Crippen LogP contribution in [0.5, 0.6) is 0 Å². The van der Waals surface area contributed by atoms with Crippen molar-refractivity contribution in [3.05, 3.63) is 59.7 Å². The van der Waals surface area contributed by atoms with Crippen molar-refractivity contribution < 1.29 is 19.0 Å². The molecular formula is C20H25NO4. The number of amides is 1. The second-order valence-corrected chi connectivity index (χ2v) is 6.45. The van der Waals surface area contributed by atoms with Crippen molar-refractivity contribution in [2.24, 2.45) is 0 Å². The molecule has 0 radical (unpaired) electrons. The van der Waals surface area contributed by atoms with E-state index in [1.165, 1.54) is 0 Å². The molecule has 0 spiro atoms. The van der Waals surface area contributed by atoms with E-state index in [9.17, 15) is 4.79 Å². The molecule has 3 rings (SSSR count). The first-order chi connectivity index (χ1) is 12.2. The minimum absolute atomic E-state index is 0.0209. The van der Waals surface area contributed by atoms with Gasteiger partial charge in [-0.15, -0.1) is 6.58 Å². The molecule has 1 amide bonds. The average molecular weight is 343 g/mol. The smallest absolute Gasteiger partial charge is 0.254 e. The first-order valence-corrected chi connectivity index (χ1v) is 8.53. The van der Waals surface area contributed by atoms with Gasteiger partial charge in [0.1, 0.15) is 12.9 Å². The number of rotatable bonds is 7. The van der Waals surface area contributed by atoms with Crippen molar-refractivity contribution in [2.45, 2.75) is 38.1 Å². The van der Waals surface area contributed by atoms with E-state index in [4.69, 9.17) is 14.2 Å². The van der Waals surface area contributed by atoms with E-state index in [1.807, 2.05) is 48.2 Å². The number of ether oxygens (including phenoxy) is 3. The predicted molar refractivity (Wildman–Crippen MR) is 94.8 cm³/mol. The number of hydrogen-bond acceptors (Lipinski definition) is 4. The third-order valence-electron chi connectivity index (χ3n) is 4.88. The summed E-state index contributed by atoms with van der Waals surface area (Å²) in [5.41, 5.74) is 3.32. The number of carbonyl (C=O) groups is 1. The number of methoxy groups -OCH3 is 1. The number of likely N-dealkylation sites (tertiary alicyclic amines) is 1. The fraction of sp³-hybridized carbons (Fsp3) is 0.450. The Morgan fingerprint density at radius 3 is 2.80 bits per heavy atom. The van der Waals surface area contributed by atoms with E-state index < -0.39 is 6.10 Å². The highest BCUT2D eigenvalue weighted by atomic mass is 16.7. The van der Waals surface area contributed by atoms with Gasteiger partial charge in [0.2, 0.25) is 0 Å². The molecule has 2 aliphatic heterocycles. The van der Waals surface area contributed by atoms with Gasteiger partial charge in [-0.1, -0.05) is 36.4 Å². The minimum Gasteiger partial charge on any atom is -0.362 e. The van der Waals surface area contributed by atoms with Crippen LogP contribution >= 0.6 is 0 Å². The lowest BCUT2D eigenvalue weighted by molar-refractivity contribution is -0.190. The van der Waals surface area contributed by atoms with Crippen molar-refractivity contribution in [3.63, 3.8) is 0 Å². The number of allylic oxidation sites excluding steroid dienone is 1. The molecule has 0 aliphatic carbocycles. The van der Waals surface area contributed by atoms with Gasteiger partial charge in [0.05, 0.1) is 12.6 Å². The zero-order valence-electron chi connectivity index (χ0n) is 14.8. The van der Waals surface area contributed by atoms with Crippen LogP contribution in [0.15, 0.2) is 54.1 Å². The lowest BCUT2D eigenvalue weighted by atomic mass is 9.87. The highest BCUT2D eigenvalue weighted by molar-refractivity contribution is 5.89. The molecule has 25 heavy (non-hydrogen) atoms. The molecule has 5 heteroatoms. The van der Waals surface area contributed by atoms with Crippen LogP contribution in [-0.2, 0) is 25.5 Å². The fourth-order valence-electron chi connectivity index (χ4n) is 3.51. The molecule has 0 bridgehead atoms. The number of carbonyl (C=O) groups excluding carboxylic acids is 1. The molecule has 2 aliphatic rings. The van der Waals surface area contributed by atoms with Crippen LogP contribution in [0.2, 0.25) is 0 Å². The zero-order valence-corrected chi connectivity index (χ0v) is 14.8. The summed E-state index contributed by atoms with van der Waals surface area (Å²) in [5.74, 6) is 0.0209. The van der Waals surface area contributed by atoms with Crippen molar-refractivity contribution >= 4 is 5.91 Å². The summed E-state index contributed by atoms with van der Waals surface area (Å²) in [6.45, 7) is 7.04. The van der Waals surface area contributed by atoms with Crippen LogP contribution in [0.4, 0.5) is 0 Å². The van der Waals surface area contributed by atoms with E-state index in [0.717, 1.165) is 23.1 Å². The van der Waals surface area contributed by atoms with E-state index in [1.54, 1.807) is 7.11 Å². The topological polar surface area (TPSA) is 48.0 Å². The summed E-state index contributed by atoms with van der Waals surface area (Å²) in [6.07, 6.45) is 1.89. The maximum atomic E-state index is 12.6. The van der Waals surface area contributed by atoms with E-state index >= 15 is 0 Å². The Kier molecular flexibility index (Phi) is 5.68. The lowest BCUT2D eigenvalue weighted by Crippen LogP contribution is -2.69. The van der Waals surface area contributed by atoms with Gasteiger partial charge < -0.3 is 19.1 Å². The second-order valence-electron chi connectivity index (χ2n) is 6.45. The van der Waals surface area contributed by atoms with Crippen molar-refractivity contribution in [3.8, 4) is 0 Å². The predicted octanol–water partition coefficient (Wildman–Crippen LogP) is 2.68. The SMILES string of the molecule is C=CCC1=C(C)[C@@H](OCOC)[C@H]2[C@@H](OC1)C(=O)N2Cc1ccccc1. The van der Waals surface area contributed by atoms with E-state index in [-0.39, 0.29) is 24.8 Å². The second kappa shape index (κ2) is 7.95. The monoisotopic (exact) mass is 343 g/mol. The van der Waals surface area contributed by atoms with E-state index in [2.05, 4.69) is 6.58 Å². The Morgan fingerprint density at radius 2 is 2.12 bits per heavy atom. The van der Waals surface area contributed by atoms with Gasteiger partial charge in [0.15, 0.2) is 6.10 Å². The molecular weight excluding hydrogens is 318 g/mol. The number of hydrogen-bond donors (Lipinski definition) is 0. The molecule has 134 valence electrons. The summed E-state index contributed by atoms with van der Waals surface area (Å²) in [7, 11) is 1.60. The van der Waals surface area contributed by atoms with Crippen LogP contribution in [0, 0.1) is 0 Å². The van der Waals surface area contributed by atoms with Gasteiger partial charge in [-0.3, -0.25) is 4.79 Å². The Morgan fingerprint density at radius 1 is 1.36 bits per heavy atom. The average Bonchev–Trinajstić information content (AvgIpc) is 2.75. The van der Waals surface area contributed by atoms with Crippen LogP contribution in [0.25, 0.3) is 0 Å². The molecule has 1 aromatic rings. The number of nitrogens with zero attached hydrogens (tertiary/aromatic N) is 1. The summed E-state index contributed by atoms with van der Waals surface area (Å²) >= 11 is 0. The zero-order chi connectivity index (χ0) is 17.8. The molecule has 0 N–H and O–H groups in total. The Balaban J connectivity index is 1.86. The quantitative estimate of drug-likeness (QED) is 0.434. The highest BCUT2D eigenvalue weighted by Gasteiger charge is 2.54. The van der Waals surface area contributed by atoms with E-state index in [0.29, 0.717) is 13.2 Å². The fourth-order valence-corrected chi connectivity index (χ4v) is 3.51. The Labute approximate surface area is 148 Å². The third kappa shape index (κ3) is 3.54. The molecule has 1 saturated heterocycles. The molecule has 2 heterocycles. The molecule has 0 unspecified atom stereocenters. The van der Waals surface area contributed by atoms with Crippen LogP contribution in [0.3, 0.4) is 0 Å². The van der Waals surface area contributed by atoms with Crippen LogP contribution in [-0.4, -0.2) is 49.6 Å².